The molecule has 0 bridgehead atoms. The van der Waals surface area contributed by atoms with Gasteiger partial charge in [0.15, 0.2) is 0 Å². The molecule has 112 valence electrons. The van der Waals surface area contributed by atoms with Crippen LogP contribution in [0.5, 0.6) is 0 Å². The molecule has 0 aromatic heterocycles. The average Bonchev–Trinajstić information content (AvgIpc) is 2.38. The molecule has 2 aromatic rings. The summed E-state index contributed by atoms with van der Waals surface area (Å²) in [5.74, 6) is -0.241. The second kappa shape index (κ2) is 7.03. The van der Waals surface area contributed by atoms with Gasteiger partial charge in [0.2, 0.25) is 0 Å². The molecule has 2 aromatic carbocycles. The SMILES string of the molecule is CC(N)C(c1cccc(F)c1)N(C)Cc1cccc(Cl)c1. The number of nitrogens with two attached hydrogens (primary N) is 1. The Hall–Kier alpha value is -1.42. The van der Waals surface area contributed by atoms with Crippen LogP contribution in [-0.2, 0) is 6.54 Å². The number of hydrogen-bond acceptors (Lipinski definition) is 2. The molecule has 21 heavy (non-hydrogen) atoms. The summed E-state index contributed by atoms with van der Waals surface area (Å²) in [6.45, 7) is 2.63. The van der Waals surface area contributed by atoms with Gasteiger partial charge in [-0.15, -0.1) is 0 Å². The molecule has 0 amide bonds. The number of nitrogens with zero attached hydrogens (tertiary/aromatic N) is 1. The van der Waals surface area contributed by atoms with Gasteiger partial charge in [0.25, 0.3) is 0 Å². The molecule has 0 heterocycles. The Balaban J connectivity index is 2.22. The van der Waals surface area contributed by atoms with E-state index in [4.69, 9.17) is 17.3 Å². The van der Waals surface area contributed by atoms with Crippen LogP contribution in [0.15, 0.2) is 48.5 Å². The normalized spacial score (nSPS) is 14.2. The first kappa shape index (κ1) is 16.0. The molecule has 0 saturated carbocycles. The van der Waals surface area contributed by atoms with Crippen LogP contribution in [0.3, 0.4) is 0 Å². The van der Waals surface area contributed by atoms with Crippen molar-refractivity contribution in [1.82, 2.24) is 4.90 Å². The third kappa shape index (κ3) is 4.27. The van der Waals surface area contributed by atoms with Gasteiger partial charge in [-0.25, -0.2) is 4.39 Å². The Labute approximate surface area is 130 Å². The largest absolute Gasteiger partial charge is 0.326 e. The van der Waals surface area contributed by atoms with Gasteiger partial charge < -0.3 is 5.73 Å². The first-order valence-electron chi connectivity index (χ1n) is 6.93. The number of likely N-dealkylation sites (N-methyl/N-ethyl adjacent to an activating group) is 1. The highest BCUT2D eigenvalue weighted by atomic mass is 35.5. The molecule has 4 heteroatoms. The summed E-state index contributed by atoms with van der Waals surface area (Å²) in [5.41, 5.74) is 8.10. The summed E-state index contributed by atoms with van der Waals surface area (Å²) in [7, 11) is 1.99. The molecule has 0 aliphatic rings. The van der Waals surface area contributed by atoms with Gasteiger partial charge in [-0.2, -0.15) is 0 Å². The van der Waals surface area contributed by atoms with E-state index in [-0.39, 0.29) is 17.9 Å². The first-order chi connectivity index (χ1) is 9.97. The summed E-state index contributed by atoms with van der Waals surface area (Å²) in [6, 6.07) is 14.2. The van der Waals surface area contributed by atoms with Crippen molar-refractivity contribution in [2.45, 2.75) is 25.6 Å². The van der Waals surface area contributed by atoms with Crippen molar-refractivity contribution in [3.63, 3.8) is 0 Å². The lowest BCUT2D eigenvalue weighted by atomic mass is 9.99. The van der Waals surface area contributed by atoms with Crippen LogP contribution < -0.4 is 5.73 Å². The van der Waals surface area contributed by atoms with Gasteiger partial charge in [-0.05, 0) is 49.4 Å². The van der Waals surface area contributed by atoms with Crippen LogP contribution in [0.25, 0.3) is 0 Å². The maximum absolute atomic E-state index is 13.5. The van der Waals surface area contributed by atoms with Gasteiger partial charge in [-0.1, -0.05) is 35.9 Å². The fourth-order valence-corrected chi connectivity index (χ4v) is 2.88. The van der Waals surface area contributed by atoms with E-state index in [0.29, 0.717) is 11.6 Å². The predicted octanol–water partition coefficient (Wildman–Crippen LogP) is 4.00. The van der Waals surface area contributed by atoms with Gasteiger partial charge in [0, 0.05) is 23.7 Å². The number of halogens is 2. The van der Waals surface area contributed by atoms with Crippen molar-refractivity contribution < 1.29 is 4.39 Å². The van der Waals surface area contributed by atoms with Crippen molar-refractivity contribution >= 4 is 11.6 Å². The van der Waals surface area contributed by atoms with Crippen LogP contribution in [-0.4, -0.2) is 18.0 Å². The van der Waals surface area contributed by atoms with E-state index in [1.165, 1.54) is 6.07 Å². The minimum atomic E-state index is -0.241. The Bertz CT molecular complexity index is 601. The molecule has 2 atom stereocenters. The first-order valence-corrected chi connectivity index (χ1v) is 7.31. The molecule has 0 saturated heterocycles. The molecule has 0 aliphatic carbocycles. The van der Waals surface area contributed by atoms with Gasteiger partial charge in [0.05, 0.1) is 0 Å². The van der Waals surface area contributed by atoms with Crippen molar-refractivity contribution in [2.24, 2.45) is 5.73 Å². The molecular formula is C17H20ClFN2. The number of rotatable bonds is 5. The van der Waals surface area contributed by atoms with E-state index in [9.17, 15) is 4.39 Å². The van der Waals surface area contributed by atoms with Crippen molar-refractivity contribution in [2.75, 3.05) is 7.05 Å². The fraction of sp³-hybridized carbons (Fsp3) is 0.294. The fourth-order valence-electron chi connectivity index (χ4n) is 2.67. The van der Waals surface area contributed by atoms with Crippen LogP contribution in [0.1, 0.15) is 24.1 Å². The molecule has 0 radical (unpaired) electrons. The summed E-state index contributed by atoms with van der Waals surface area (Å²) < 4.78 is 13.5. The topological polar surface area (TPSA) is 29.3 Å². The molecule has 0 spiro atoms. The average molecular weight is 307 g/mol. The number of hydrogen-bond donors (Lipinski definition) is 1. The van der Waals surface area contributed by atoms with Crippen LogP contribution in [0.4, 0.5) is 4.39 Å². The van der Waals surface area contributed by atoms with E-state index in [1.807, 2.05) is 44.3 Å². The molecule has 2 rings (SSSR count). The maximum atomic E-state index is 13.5. The number of benzene rings is 2. The van der Waals surface area contributed by atoms with E-state index in [2.05, 4.69) is 4.90 Å². The Morgan fingerprint density at radius 2 is 1.90 bits per heavy atom. The van der Waals surface area contributed by atoms with Gasteiger partial charge in [-0.3, -0.25) is 4.90 Å². The molecule has 2 nitrogen and oxygen atoms in total. The zero-order valence-electron chi connectivity index (χ0n) is 12.3. The monoisotopic (exact) mass is 306 g/mol. The summed E-state index contributed by atoms with van der Waals surface area (Å²) >= 11 is 6.02. The van der Waals surface area contributed by atoms with E-state index >= 15 is 0 Å². The van der Waals surface area contributed by atoms with E-state index < -0.39 is 0 Å². The highest BCUT2D eigenvalue weighted by molar-refractivity contribution is 6.30. The Kier molecular flexibility index (Phi) is 5.34. The third-order valence-electron chi connectivity index (χ3n) is 3.48. The minimum absolute atomic E-state index is 0.0559. The lowest BCUT2D eigenvalue weighted by molar-refractivity contribution is 0.210. The lowest BCUT2D eigenvalue weighted by Gasteiger charge is -2.31. The van der Waals surface area contributed by atoms with E-state index in [0.717, 1.165) is 11.1 Å². The predicted molar refractivity (Wildman–Crippen MR) is 85.7 cm³/mol. The molecule has 2 N–H and O–H groups in total. The second-order valence-corrected chi connectivity index (χ2v) is 5.84. The summed E-state index contributed by atoms with van der Waals surface area (Å²) in [4.78, 5) is 2.12. The Morgan fingerprint density at radius 3 is 2.52 bits per heavy atom. The minimum Gasteiger partial charge on any atom is -0.326 e. The summed E-state index contributed by atoms with van der Waals surface area (Å²) in [5, 5.41) is 0.712. The highest BCUT2D eigenvalue weighted by Gasteiger charge is 2.21. The zero-order chi connectivity index (χ0) is 15.4. The van der Waals surface area contributed by atoms with Crippen LogP contribution >= 0.6 is 11.6 Å². The van der Waals surface area contributed by atoms with Crippen molar-refractivity contribution in [1.29, 1.82) is 0 Å². The van der Waals surface area contributed by atoms with Crippen molar-refractivity contribution in [3.05, 3.63) is 70.5 Å². The maximum Gasteiger partial charge on any atom is 0.123 e. The standard InChI is InChI=1S/C17H20ClFN2/c1-12(20)17(14-6-4-8-16(19)10-14)21(2)11-13-5-3-7-15(18)9-13/h3-10,12,17H,11,20H2,1-2H3. The molecular weight excluding hydrogens is 287 g/mol. The molecule has 0 fully saturated rings. The summed E-state index contributed by atoms with van der Waals surface area (Å²) in [6.07, 6.45) is 0. The molecule has 2 unspecified atom stereocenters. The smallest absolute Gasteiger partial charge is 0.123 e. The van der Waals surface area contributed by atoms with E-state index in [1.54, 1.807) is 12.1 Å². The van der Waals surface area contributed by atoms with Crippen LogP contribution in [0, 0.1) is 5.82 Å². The Morgan fingerprint density at radius 1 is 1.19 bits per heavy atom. The van der Waals surface area contributed by atoms with Crippen molar-refractivity contribution in [3.8, 4) is 0 Å². The zero-order valence-corrected chi connectivity index (χ0v) is 13.0. The van der Waals surface area contributed by atoms with Crippen LogP contribution in [0.2, 0.25) is 5.02 Å². The van der Waals surface area contributed by atoms with Gasteiger partial charge >= 0.3 is 0 Å². The quantitative estimate of drug-likeness (QED) is 0.904. The highest BCUT2D eigenvalue weighted by Crippen LogP contribution is 2.25. The molecule has 0 aliphatic heterocycles. The third-order valence-corrected chi connectivity index (χ3v) is 3.72. The lowest BCUT2D eigenvalue weighted by Crippen LogP contribution is -2.37. The second-order valence-electron chi connectivity index (χ2n) is 5.40. The van der Waals surface area contributed by atoms with Gasteiger partial charge in [0.1, 0.15) is 5.82 Å².